The highest BCUT2D eigenvalue weighted by atomic mass is 35.5. The van der Waals surface area contributed by atoms with Crippen molar-refractivity contribution in [1.29, 1.82) is 0 Å². The van der Waals surface area contributed by atoms with Crippen LogP contribution in [0.5, 0.6) is 0 Å². The van der Waals surface area contributed by atoms with Gasteiger partial charge in [0.05, 0.1) is 17.7 Å². The van der Waals surface area contributed by atoms with Gasteiger partial charge >= 0.3 is 0 Å². The summed E-state index contributed by atoms with van der Waals surface area (Å²) in [6.45, 7) is -0.0302. The van der Waals surface area contributed by atoms with Crippen LogP contribution in [0.4, 0.5) is 4.39 Å². The van der Waals surface area contributed by atoms with Gasteiger partial charge in [-0.25, -0.2) is 4.39 Å². The predicted molar refractivity (Wildman–Crippen MR) is 62.0 cm³/mol. The number of benzene rings is 1. The molecule has 1 aromatic rings. The zero-order valence-electron chi connectivity index (χ0n) is 8.92. The fourth-order valence-corrected chi connectivity index (χ4v) is 1.96. The number of aliphatic hydroxyl groups is 1. The third kappa shape index (κ3) is 2.54. The molecule has 2 nitrogen and oxygen atoms in total. The summed E-state index contributed by atoms with van der Waals surface area (Å²) < 4.78 is 13.3. The maximum Gasteiger partial charge on any atom is 0.142 e. The van der Waals surface area contributed by atoms with Crippen molar-refractivity contribution in [2.24, 2.45) is 0 Å². The Hall–Kier alpha value is -0.640. The second kappa shape index (κ2) is 5.13. The quantitative estimate of drug-likeness (QED) is 0.852. The van der Waals surface area contributed by atoms with Crippen LogP contribution in [0.25, 0.3) is 0 Å². The standard InChI is InChI=1S/C12H15ClFNO/c13-10-5-4-8(6-11(10)14)12(7-16)15-9-2-1-3-9/h4-6,9,12,15-16H,1-3,7H2. The van der Waals surface area contributed by atoms with Crippen LogP contribution >= 0.6 is 11.6 Å². The third-order valence-electron chi connectivity index (χ3n) is 3.07. The molecular formula is C12H15ClFNO. The summed E-state index contributed by atoms with van der Waals surface area (Å²) in [5.74, 6) is -0.437. The van der Waals surface area contributed by atoms with Gasteiger partial charge in [0, 0.05) is 6.04 Å². The fraction of sp³-hybridized carbons (Fsp3) is 0.500. The van der Waals surface area contributed by atoms with Gasteiger partial charge in [-0.1, -0.05) is 24.1 Å². The average molecular weight is 244 g/mol. The maximum atomic E-state index is 13.3. The number of hydrogen-bond donors (Lipinski definition) is 2. The largest absolute Gasteiger partial charge is 0.394 e. The third-order valence-corrected chi connectivity index (χ3v) is 3.38. The molecular weight excluding hydrogens is 229 g/mol. The summed E-state index contributed by atoms with van der Waals surface area (Å²) in [7, 11) is 0. The second-order valence-electron chi connectivity index (χ2n) is 4.20. The summed E-state index contributed by atoms with van der Waals surface area (Å²) in [4.78, 5) is 0. The van der Waals surface area contributed by atoms with Gasteiger partial charge in [-0.15, -0.1) is 0 Å². The van der Waals surface area contributed by atoms with E-state index in [0.29, 0.717) is 6.04 Å². The minimum atomic E-state index is -0.437. The van der Waals surface area contributed by atoms with Crippen molar-refractivity contribution in [2.45, 2.75) is 31.3 Å². The Kier molecular flexibility index (Phi) is 3.79. The Morgan fingerprint density at radius 3 is 2.75 bits per heavy atom. The highest BCUT2D eigenvalue weighted by molar-refractivity contribution is 6.30. The molecule has 1 atom stereocenters. The molecule has 1 saturated carbocycles. The van der Waals surface area contributed by atoms with Crippen LogP contribution in [0.15, 0.2) is 18.2 Å². The average Bonchev–Trinajstić information content (AvgIpc) is 2.21. The van der Waals surface area contributed by atoms with E-state index >= 15 is 0 Å². The molecule has 16 heavy (non-hydrogen) atoms. The first-order chi connectivity index (χ1) is 7.70. The summed E-state index contributed by atoms with van der Waals surface area (Å²) in [6, 6.07) is 4.91. The van der Waals surface area contributed by atoms with Crippen LogP contribution < -0.4 is 5.32 Å². The number of rotatable bonds is 4. The van der Waals surface area contributed by atoms with E-state index in [0.717, 1.165) is 18.4 Å². The molecule has 1 aliphatic rings. The lowest BCUT2D eigenvalue weighted by Gasteiger charge is -2.31. The smallest absolute Gasteiger partial charge is 0.142 e. The minimum absolute atomic E-state index is 0.0302. The Labute approximate surface area is 99.4 Å². The van der Waals surface area contributed by atoms with Crippen LogP contribution in [0, 0.1) is 5.82 Å². The molecule has 0 spiro atoms. The molecule has 0 bridgehead atoms. The first-order valence-electron chi connectivity index (χ1n) is 5.52. The first-order valence-corrected chi connectivity index (χ1v) is 5.90. The Balaban J connectivity index is 2.09. The molecule has 2 rings (SSSR count). The Morgan fingerprint density at radius 1 is 1.50 bits per heavy atom. The van der Waals surface area contributed by atoms with Crippen molar-refractivity contribution >= 4 is 11.6 Å². The van der Waals surface area contributed by atoms with E-state index in [4.69, 9.17) is 11.6 Å². The van der Waals surface area contributed by atoms with Gasteiger partial charge < -0.3 is 10.4 Å². The number of nitrogens with one attached hydrogen (secondary N) is 1. The first kappa shape index (κ1) is 11.8. The molecule has 0 saturated heterocycles. The van der Waals surface area contributed by atoms with E-state index < -0.39 is 5.82 Å². The molecule has 88 valence electrons. The summed E-state index contributed by atoms with van der Waals surface area (Å²) >= 11 is 5.61. The van der Waals surface area contributed by atoms with Gasteiger partial charge in [-0.3, -0.25) is 0 Å². The lowest BCUT2D eigenvalue weighted by atomic mass is 9.91. The van der Waals surface area contributed by atoms with Crippen molar-refractivity contribution < 1.29 is 9.50 Å². The second-order valence-corrected chi connectivity index (χ2v) is 4.61. The molecule has 1 aliphatic carbocycles. The number of hydrogen-bond acceptors (Lipinski definition) is 2. The van der Waals surface area contributed by atoms with E-state index in [2.05, 4.69) is 5.32 Å². The highest BCUT2D eigenvalue weighted by Crippen LogP contribution is 2.24. The lowest BCUT2D eigenvalue weighted by Crippen LogP contribution is -2.39. The van der Waals surface area contributed by atoms with E-state index in [9.17, 15) is 9.50 Å². The van der Waals surface area contributed by atoms with E-state index in [1.165, 1.54) is 18.6 Å². The van der Waals surface area contributed by atoms with Crippen LogP contribution in [0.2, 0.25) is 5.02 Å². The summed E-state index contributed by atoms with van der Waals surface area (Å²) in [5, 5.41) is 12.7. The van der Waals surface area contributed by atoms with Crippen LogP contribution in [0.1, 0.15) is 30.9 Å². The molecule has 0 radical (unpaired) electrons. The minimum Gasteiger partial charge on any atom is -0.394 e. The highest BCUT2D eigenvalue weighted by Gasteiger charge is 2.22. The SMILES string of the molecule is OCC(NC1CCC1)c1ccc(Cl)c(F)c1. The maximum absolute atomic E-state index is 13.3. The normalized spacial score (nSPS) is 18.2. The van der Waals surface area contributed by atoms with Crippen LogP contribution in [-0.2, 0) is 0 Å². The number of halogens is 2. The Bertz CT molecular complexity index is 368. The van der Waals surface area contributed by atoms with Crippen molar-refractivity contribution in [3.8, 4) is 0 Å². The van der Waals surface area contributed by atoms with Crippen molar-refractivity contribution in [2.75, 3.05) is 6.61 Å². The van der Waals surface area contributed by atoms with Crippen molar-refractivity contribution in [3.05, 3.63) is 34.6 Å². The summed E-state index contributed by atoms with van der Waals surface area (Å²) in [6.07, 6.45) is 3.49. The van der Waals surface area contributed by atoms with Gasteiger partial charge in [-0.05, 0) is 30.5 Å². The van der Waals surface area contributed by atoms with Gasteiger partial charge in [0.15, 0.2) is 0 Å². The van der Waals surface area contributed by atoms with E-state index in [-0.39, 0.29) is 17.7 Å². The molecule has 2 N–H and O–H groups in total. The summed E-state index contributed by atoms with van der Waals surface area (Å²) in [5.41, 5.74) is 0.747. The molecule has 0 aromatic heterocycles. The van der Waals surface area contributed by atoms with Gasteiger partial charge in [-0.2, -0.15) is 0 Å². The predicted octanol–water partition coefficient (Wildman–Crippen LogP) is 2.65. The van der Waals surface area contributed by atoms with Gasteiger partial charge in [0.25, 0.3) is 0 Å². The molecule has 0 heterocycles. The molecule has 4 heteroatoms. The van der Waals surface area contributed by atoms with Crippen LogP contribution in [-0.4, -0.2) is 17.8 Å². The van der Waals surface area contributed by atoms with E-state index in [1.54, 1.807) is 6.07 Å². The monoisotopic (exact) mass is 243 g/mol. The van der Waals surface area contributed by atoms with Gasteiger partial charge in [0.1, 0.15) is 5.82 Å². The van der Waals surface area contributed by atoms with Crippen LogP contribution in [0.3, 0.4) is 0 Å². The van der Waals surface area contributed by atoms with Crippen molar-refractivity contribution in [1.82, 2.24) is 5.32 Å². The molecule has 0 amide bonds. The van der Waals surface area contributed by atoms with Gasteiger partial charge in [0.2, 0.25) is 0 Å². The molecule has 1 aromatic carbocycles. The molecule has 1 fully saturated rings. The zero-order chi connectivity index (χ0) is 11.5. The fourth-order valence-electron chi connectivity index (χ4n) is 1.84. The molecule has 1 unspecified atom stereocenters. The Morgan fingerprint density at radius 2 is 2.25 bits per heavy atom. The topological polar surface area (TPSA) is 32.3 Å². The molecule has 0 aliphatic heterocycles. The zero-order valence-corrected chi connectivity index (χ0v) is 9.67. The lowest BCUT2D eigenvalue weighted by molar-refractivity contribution is 0.209. The van der Waals surface area contributed by atoms with E-state index in [1.807, 2.05) is 0 Å². The van der Waals surface area contributed by atoms with Crippen molar-refractivity contribution in [3.63, 3.8) is 0 Å². The number of aliphatic hydroxyl groups excluding tert-OH is 1.